The Kier molecular flexibility index (Phi) is 5.05. The SMILES string of the molecule is COC(=O)CN(c1ccc(Cl)cc1)S(=O)(=O)c1ccccc1. The lowest BCUT2D eigenvalue weighted by atomic mass is 10.3. The van der Waals surface area contributed by atoms with Gasteiger partial charge >= 0.3 is 5.97 Å². The van der Waals surface area contributed by atoms with Gasteiger partial charge in [0.15, 0.2) is 0 Å². The van der Waals surface area contributed by atoms with Gasteiger partial charge in [-0.2, -0.15) is 0 Å². The number of halogens is 1. The lowest BCUT2D eigenvalue weighted by Crippen LogP contribution is -2.36. The van der Waals surface area contributed by atoms with Crippen molar-refractivity contribution >= 4 is 33.3 Å². The van der Waals surface area contributed by atoms with Gasteiger partial charge in [-0.05, 0) is 36.4 Å². The number of sulfonamides is 1. The third kappa shape index (κ3) is 3.58. The third-order valence-corrected chi connectivity index (χ3v) is 4.99. The molecule has 0 aliphatic heterocycles. The van der Waals surface area contributed by atoms with Crippen molar-refractivity contribution in [2.45, 2.75) is 4.90 Å². The Balaban J connectivity index is 2.48. The molecule has 0 amide bonds. The molecule has 0 N–H and O–H groups in total. The van der Waals surface area contributed by atoms with Crippen LogP contribution in [-0.2, 0) is 19.6 Å². The van der Waals surface area contributed by atoms with E-state index in [-0.39, 0.29) is 4.90 Å². The molecule has 7 heteroatoms. The zero-order chi connectivity index (χ0) is 16.2. The van der Waals surface area contributed by atoms with Gasteiger partial charge < -0.3 is 4.74 Å². The van der Waals surface area contributed by atoms with E-state index < -0.39 is 22.5 Å². The first kappa shape index (κ1) is 16.3. The average molecular weight is 340 g/mol. The molecule has 5 nitrogen and oxygen atoms in total. The topological polar surface area (TPSA) is 63.7 Å². The lowest BCUT2D eigenvalue weighted by molar-refractivity contribution is -0.138. The monoisotopic (exact) mass is 339 g/mol. The Hall–Kier alpha value is -2.05. The van der Waals surface area contributed by atoms with Crippen LogP contribution in [0.2, 0.25) is 5.02 Å². The molecule has 22 heavy (non-hydrogen) atoms. The van der Waals surface area contributed by atoms with Gasteiger partial charge in [-0.15, -0.1) is 0 Å². The molecular weight excluding hydrogens is 326 g/mol. The number of hydrogen-bond donors (Lipinski definition) is 0. The molecule has 2 rings (SSSR count). The van der Waals surface area contributed by atoms with Crippen molar-refractivity contribution in [2.24, 2.45) is 0 Å². The number of ether oxygens (including phenoxy) is 1. The third-order valence-electron chi connectivity index (χ3n) is 2.95. The van der Waals surface area contributed by atoms with Gasteiger partial charge in [-0.3, -0.25) is 9.10 Å². The maximum Gasteiger partial charge on any atom is 0.326 e. The molecular formula is C15H14ClNO4S. The van der Waals surface area contributed by atoms with Crippen LogP contribution in [-0.4, -0.2) is 28.0 Å². The van der Waals surface area contributed by atoms with E-state index in [4.69, 9.17) is 11.6 Å². The van der Waals surface area contributed by atoms with Gasteiger partial charge in [0.25, 0.3) is 10.0 Å². The lowest BCUT2D eigenvalue weighted by Gasteiger charge is -2.23. The van der Waals surface area contributed by atoms with Crippen molar-refractivity contribution in [2.75, 3.05) is 18.0 Å². The number of hydrogen-bond acceptors (Lipinski definition) is 4. The summed E-state index contributed by atoms with van der Waals surface area (Å²) in [6, 6.07) is 14.1. The van der Waals surface area contributed by atoms with Gasteiger partial charge in [0.05, 0.1) is 17.7 Å². The minimum Gasteiger partial charge on any atom is -0.468 e. The summed E-state index contributed by atoms with van der Waals surface area (Å²) in [5.74, 6) is -0.658. The molecule has 0 bridgehead atoms. The fourth-order valence-electron chi connectivity index (χ4n) is 1.82. The van der Waals surface area contributed by atoms with Crippen molar-refractivity contribution in [3.63, 3.8) is 0 Å². The van der Waals surface area contributed by atoms with E-state index in [2.05, 4.69) is 4.74 Å². The zero-order valence-electron chi connectivity index (χ0n) is 11.8. The van der Waals surface area contributed by atoms with Crippen molar-refractivity contribution in [3.8, 4) is 0 Å². The summed E-state index contributed by atoms with van der Waals surface area (Å²) in [5, 5.41) is 0.471. The number of methoxy groups -OCH3 is 1. The second-order valence-corrected chi connectivity index (χ2v) is 6.68. The highest BCUT2D eigenvalue weighted by atomic mass is 35.5. The van der Waals surface area contributed by atoms with E-state index in [1.54, 1.807) is 30.3 Å². The van der Waals surface area contributed by atoms with Crippen molar-refractivity contribution in [1.29, 1.82) is 0 Å². The van der Waals surface area contributed by atoms with Crippen LogP contribution >= 0.6 is 11.6 Å². The van der Waals surface area contributed by atoms with E-state index in [0.29, 0.717) is 10.7 Å². The quantitative estimate of drug-likeness (QED) is 0.786. The first-order chi connectivity index (χ1) is 10.4. The number of carbonyl (C=O) groups excluding carboxylic acids is 1. The fraction of sp³-hybridized carbons (Fsp3) is 0.133. The molecule has 0 atom stereocenters. The number of nitrogens with zero attached hydrogens (tertiary/aromatic N) is 1. The second kappa shape index (κ2) is 6.81. The zero-order valence-corrected chi connectivity index (χ0v) is 13.3. The molecule has 0 aliphatic carbocycles. The van der Waals surface area contributed by atoms with Gasteiger partial charge in [0, 0.05) is 5.02 Å². The predicted octanol–water partition coefficient (Wildman–Crippen LogP) is 2.71. The number of anilines is 1. The van der Waals surface area contributed by atoms with Crippen molar-refractivity contribution in [3.05, 3.63) is 59.6 Å². The summed E-state index contributed by atoms with van der Waals surface area (Å²) >= 11 is 5.82. The van der Waals surface area contributed by atoms with Crippen molar-refractivity contribution < 1.29 is 17.9 Å². The summed E-state index contributed by atoms with van der Waals surface area (Å²) in [7, 11) is -2.68. The first-order valence-electron chi connectivity index (χ1n) is 6.35. The van der Waals surface area contributed by atoms with Gasteiger partial charge in [0.1, 0.15) is 6.54 Å². The Morgan fingerprint density at radius 2 is 1.68 bits per heavy atom. The highest BCUT2D eigenvalue weighted by molar-refractivity contribution is 7.92. The minimum atomic E-state index is -3.88. The smallest absolute Gasteiger partial charge is 0.326 e. The summed E-state index contributed by atoms with van der Waals surface area (Å²) < 4.78 is 31.1. The standard InChI is InChI=1S/C15H14ClNO4S/c1-21-15(18)11-17(13-9-7-12(16)8-10-13)22(19,20)14-5-3-2-4-6-14/h2-10H,11H2,1H3. The largest absolute Gasteiger partial charge is 0.468 e. The number of benzene rings is 2. The van der Waals surface area contributed by atoms with Crippen LogP contribution in [0.5, 0.6) is 0 Å². The number of rotatable bonds is 5. The van der Waals surface area contributed by atoms with Crippen LogP contribution < -0.4 is 4.31 Å². The maximum atomic E-state index is 12.8. The van der Waals surface area contributed by atoms with Crippen LogP contribution in [0, 0.1) is 0 Å². The van der Waals surface area contributed by atoms with E-state index in [1.165, 1.54) is 31.4 Å². The first-order valence-corrected chi connectivity index (χ1v) is 8.17. The molecule has 0 spiro atoms. The Morgan fingerprint density at radius 1 is 1.09 bits per heavy atom. The summed E-state index contributed by atoms with van der Waals surface area (Å²) in [5.41, 5.74) is 0.332. The Bertz CT molecular complexity index is 745. The van der Waals surface area contributed by atoms with Crippen LogP contribution in [0.4, 0.5) is 5.69 Å². The van der Waals surface area contributed by atoms with Crippen LogP contribution in [0.25, 0.3) is 0 Å². The van der Waals surface area contributed by atoms with E-state index in [9.17, 15) is 13.2 Å². The summed E-state index contributed by atoms with van der Waals surface area (Å²) in [4.78, 5) is 11.7. The molecule has 0 saturated carbocycles. The Morgan fingerprint density at radius 3 is 2.23 bits per heavy atom. The average Bonchev–Trinajstić information content (AvgIpc) is 2.54. The van der Waals surface area contributed by atoms with Gasteiger partial charge in [-0.1, -0.05) is 29.8 Å². The Labute approximate surface area is 134 Å². The molecule has 0 unspecified atom stereocenters. The molecule has 0 saturated heterocycles. The van der Waals surface area contributed by atoms with Crippen LogP contribution in [0.3, 0.4) is 0 Å². The van der Waals surface area contributed by atoms with Gasteiger partial charge in [0.2, 0.25) is 0 Å². The predicted molar refractivity (Wildman–Crippen MR) is 84.4 cm³/mol. The molecule has 2 aromatic rings. The second-order valence-electron chi connectivity index (χ2n) is 4.38. The van der Waals surface area contributed by atoms with E-state index >= 15 is 0 Å². The molecule has 0 aromatic heterocycles. The summed E-state index contributed by atoms with van der Waals surface area (Å²) in [6.07, 6.45) is 0. The van der Waals surface area contributed by atoms with E-state index in [1.807, 2.05) is 0 Å². The maximum absolute atomic E-state index is 12.8. The molecule has 0 aliphatic rings. The molecule has 0 heterocycles. The summed E-state index contributed by atoms with van der Waals surface area (Å²) in [6.45, 7) is -0.421. The van der Waals surface area contributed by atoms with Crippen LogP contribution in [0.15, 0.2) is 59.5 Å². The fourth-order valence-corrected chi connectivity index (χ4v) is 3.38. The molecule has 116 valence electrons. The number of esters is 1. The molecule has 2 aromatic carbocycles. The molecule has 0 fully saturated rings. The highest BCUT2D eigenvalue weighted by Gasteiger charge is 2.27. The highest BCUT2D eigenvalue weighted by Crippen LogP contribution is 2.25. The van der Waals surface area contributed by atoms with E-state index in [0.717, 1.165) is 4.31 Å². The minimum absolute atomic E-state index is 0.0915. The molecule has 0 radical (unpaired) electrons. The normalized spacial score (nSPS) is 11.0. The van der Waals surface area contributed by atoms with Crippen molar-refractivity contribution in [1.82, 2.24) is 0 Å². The number of carbonyl (C=O) groups is 1. The van der Waals surface area contributed by atoms with Crippen LogP contribution in [0.1, 0.15) is 0 Å². The van der Waals surface area contributed by atoms with Gasteiger partial charge in [-0.25, -0.2) is 8.42 Å².